The molecule has 14 heavy (non-hydrogen) atoms. The van der Waals surface area contributed by atoms with E-state index in [-0.39, 0.29) is 6.10 Å². The number of methoxy groups -OCH3 is 1. The van der Waals surface area contributed by atoms with Crippen LogP contribution in [-0.2, 0) is 9.53 Å². The van der Waals surface area contributed by atoms with E-state index >= 15 is 0 Å². The highest BCUT2D eigenvalue weighted by Gasteiger charge is 2.29. The van der Waals surface area contributed by atoms with E-state index in [1.165, 1.54) is 32.1 Å². The van der Waals surface area contributed by atoms with Gasteiger partial charge in [-0.1, -0.05) is 19.3 Å². The first kappa shape index (κ1) is 9.91. The third kappa shape index (κ3) is 1.90. The van der Waals surface area contributed by atoms with Gasteiger partial charge >= 0.3 is 0 Å². The van der Waals surface area contributed by atoms with Crippen molar-refractivity contribution in [1.82, 2.24) is 0 Å². The summed E-state index contributed by atoms with van der Waals surface area (Å²) in [6, 6.07) is 0. The zero-order valence-corrected chi connectivity index (χ0v) is 8.79. The molecule has 0 amide bonds. The predicted octanol–water partition coefficient (Wildman–Crippen LogP) is 2.48. The molecule has 1 saturated carbocycles. The molecular weight excluding hydrogens is 176 g/mol. The van der Waals surface area contributed by atoms with Crippen LogP contribution in [0.3, 0.4) is 0 Å². The Morgan fingerprint density at radius 2 is 2.00 bits per heavy atom. The number of carbonyl (C=O) groups is 1. The van der Waals surface area contributed by atoms with E-state index in [1.807, 2.05) is 0 Å². The standard InChI is InChI=1S/C12H18O2/c1-14-10-7-11(12(13)8-10)9-5-3-2-4-6-9/h7,9-10H,2-6,8H2,1H3/t10-/m1/s1. The third-order valence-electron chi connectivity index (χ3n) is 3.42. The van der Waals surface area contributed by atoms with Crippen molar-refractivity contribution in [2.45, 2.75) is 44.6 Å². The van der Waals surface area contributed by atoms with Crippen molar-refractivity contribution < 1.29 is 9.53 Å². The zero-order chi connectivity index (χ0) is 9.97. The van der Waals surface area contributed by atoms with Crippen LogP contribution < -0.4 is 0 Å². The molecule has 0 aliphatic heterocycles. The van der Waals surface area contributed by atoms with Gasteiger partial charge in [0.15, 0.2) is 5.78 Å². The maximum absolute atomic E-state index is 11.7. The minimum absolute atomic E-state index is 0.0550. The fourth-order valence-corrected chi connectivity index (χ4v) is 2.58. The van der Waals surface area contributed by atoms with Gasteiger partial charge in [-0.2, -0.15) is 0 Å². The number of hydrogen-bond donors (Lipinski definition) is 0. The van der Waals surface area contributed by atoms with E-state index in [1.54, 1.807) is 7.11 Å². The smallest absolute Gasteiger partial charge is 0.161 e. The fraction of sp³-hybridized carbons (Fsp3) is 0.750. The van der Waals surface area contributed by atoms with Crippen LogP contribution in [0.15, 0.2) is 11.6 Å². The molecule has 0 bridgehead atoms. The molecule has 2 aliphatic carbocycles. The molecule has 0 unspecified atom stereocenters. The van der Waals surface area contributed by atoms with Crippen LogP contribution in [-0.4, -0.2) is 19.0 Å². The second-order valence-electron chi connectivity index (χ2n) is 4.36. The zero-order valence-electron chi connectivity index (χ0n) is 8.79. The van der Waals surface area contributed by atoms with Gasteiger partial charge in [0.25, 0.3) is 0 Å². The number of ketones is 1. The van der Waals surface area contributed by atoms with Gasteiger partial charge in [0.1, 0.15) is 0 Å². The second-order valence-corrected chi connectivity index (χ2v) is 4.36. The van der Waals surface area contributed by atoms with Gasteiger partial charge in [0, 0.05) is 13.5 Å². The molecular formula is C12H18O2. The van der Waals surface area contributed by atoms with Crippen LogP contribution in [0.5, 0.6) is 0 Å². The van der Waals surface area contributed by atoms with E-state index in [4.69, 9.17) is 4.74 Å². The van der Waals surface area contributed by atoms with Crippen molar-refractivity contribution in [2.24, 2.45) is 5.92 Å². The normalized spacial score (nSPS) is 29.4. The van der Waals surface area contributed by atoms with Crippen LogP contribution >= 0.6 is 0 Å². The number of rotatable bonds is 2. The van der Waals surface area contributed by atoms with Crippen molar-refractivity contribution >= 4 is 5.78 Å². The Kier molecular flexibility index (Phi) is 3.02. The Morgan fingerprint density at radius 1 is 1.29 bits per heavy atom. The summed E-state index contributed by atoms with van der Waals surface area (Å²) in [5.41, 5.74) is 1.07. The van der Waals surface area contributed by atoms with Crippen molar-refractivity contribution in [1.29, 1.82) is 0 Å². The molecule has 2 nitrogen and oxygen atoms in total. The molecule has 2 aliphatic rings. The maximum atomic E-state index is 11.7. The van der Waals surface area contributed by atoms with Crippen LogP contribution in [0.25, 0.3) is 0 Å². The fourth-order valence-electron chi connectivity index (χ4n) is 2.58. The van der Waals surface area contributed by atoms with E-state index < -0.39 is 0 Å². The summed E-state index contributed by atoms with van der Waals surface area (Å²) in [6.07, 6.45) is 8.99. The molecule has 0 saturated heterocycles. The van der Waals surface area contributed by atoms with Crippen LogP contribution in [0.1, 0.15) is 38.5 Å². The summed E-state index contributed by atoms with van der Waals surface area (Å²) in [4.78, 5) is 11.7. The molecule has 0 spiro atoms. The lowest BCUT2D eigenvalue weighted by Gasteiger charge is -2.21. The van der Waals surface area contributed by atoms with Crippen molar-refractivity contribution in [2.75, 3.05) is 7.11 Å². The number of Topliss-reactive ketones (excluding diaryl/α,β-unsaturated/α-hetero) is 1. The lowest BCUT2D eigenvalue weighted by atomic mass is 9.83. The Bertz CT molecular complexity index is 249. The SMILES string of the molecule is CO[C@@H]1C=C(C2CCCCC2)C(=O)C1. The van der Waals surface area contributed by atoms with Gasteiger partial charge < -0.3 is 4.74 Å². The lowest BCUT2D eigenvalue weighted by Crippen LogP contribution is -2.13. The first-order valence-corrected chi connectivity index (χ1v) is 5.59. The Labute approximate surface area is 85.3 Å². The topological polar surface area (TPSA) is 26.3 Å². The molecule has 1 fully saturated rings. The van der Waals surface area contributed by atoms with Gasteiger partial charge in [0.05, 0.1) is 6.10 Å². The summed E-state index contributed by atoms with van der Waals surface area (Å²) >= 11 is 0. The molecule has 2 rings (SSSR count). The quantitative estimate of drug-likeness (QED) is 0.675. The van der Waals surface area contributed by atoms with Crippen molar-refractivity contribution in [3.63, 3.8) is 0 Å². The van der Waals surface area contributed by atoms with Crippen LogP contribution in [0.4, 0.5) is 0 Å². The minimum Gasteiger partial charge on any atom is -0.377 e. The molecule has 0 aromatic carbocycles. The summed E-state index contributed by atoms with van der Waals surface area (Å²) < 4.78 is 5.21. The van der Waals surface area contributed by atoms with Gasteiger partial charge in [-0.3, -0.25) is 4.79 Å². The van der Waals surface area contributed by atoms with Gasteiger partial charge in [-0.15, -0.1) is 0 Å². The molecule has 78 valence electrons. The number of carbonyl (C=O) groups excluding carboxylic acids is 1. The number of hydrogen-bond acceptors (Lipinski definition) is 2. The molecule has 0 radical (unpaired) electrons. The average molecular weight is 194 g/mol. The summed E-state index contributed by atoms with van der Waals surface area (Å²) in [7, 11) is 1.68. The third-order valence-corrected chi connectivity index (χ3v) is 3.42. The van der Waals surface area contributed by atoms with Gasteiger partial charge in [-0.25, -0.2) is 0 Å². The molecule has 0 N–H and O–H groups in total. The minimum atomic E-state index is 0.0550. The highest BCUT2D eigenvalue weighted by atomic mass is 16.5. The molecule has 2 heteroatoms. The largest absolute Gasteiger partial charge is 0.377 e. The Balaban J connectivity index is 2.04. The van der Waals surface area contributed by atoms with Crippen molar-refractivity contribution in [3.8, 4) is 0 Å². The second kappa shape index (κ2) is 4.26. The first-order chi connectivity index (χ1) is 6.81. The summed E-state index contributed by atoms with van der Waals surface area (Å²) in [5, 5.41) is 0. The molecule has 0 heterocycles. The van der Waals surface area contributed by atoms with Crippen molar-refractivity contribution in [3.05, 3.63) is 11.6 Å². The average Bonchev–Trinajstić information content (AvgIpc) is 2.61. The highest BCUT2D eigenvalue weighted by Crippen LogP contribution is 2.34. The lowest BCUT2D eigenvalue weighted by molar-refractivity contribution is -0.116. The summed E-state index contributed by atoms with van der Waals surface area (Å²) in [5.74, 6) is 0.861. The van der Waals surface area contributed by atoms with Gasteiger partial charge in [-0.05, 0) is 30.4 Å². The van der Waals surface area contributed by atoms with Crippen LogP contribution in [0.2, 0.25) is 0 Å². The summed E-state index contributed by atoms with van der Waals surface area (Å²) in [6.45, 7) is 0. The van der Waals surface area contributed by atoms with Crippen LogP contribution in [0, 0.1) is 5.92 Å². The Morgan fingerprint density at radius 3 is 2.57 bits per heavy atom. The number of ether oxygens (including phenoxy) is 1. The van der Waals surface area contributed by atoms with E-state index in [0.29, 0.717) is 18.1 Å². The van der Waals surface area contributed by atoms with E-state index in [9.17, 15) is 4.79 Å². The number of allylic oxidation sites excluding steroid dienone is 1. The molecule has 1 atom stereocenters. The molecule has 0 aromatic rings. The Hall–Kier alpha value is -0.630. The highest BCUT2D eigenvalue weighted by molar-refractivity contribution is 5.98. The predicted molar refractivity (Wildman–Crippen MR) is 55.1 cm³/mol. The first-order valence-electron chi connectivity index (χ1n) is 5.59. The van der Waals surface area contributed by atoms with E-state index in [2.05, 4.69) is 6.08 Å². The molecule has 0 aromatic heterocycles. The monoisotopic (exact) mass is 194 g/mol. The van der Waals surface area contributed by atoms with Gasteiger partial charge in [0.2, 0.25) is 0 Å². The van der Waals surface area contributed by atoms with E-state index in [0.717, 1.165) is 5.57 Å². The maximum Gasteiger partial charge on any atom is 0.161 e.